The van der Waals surface area contributed by atoms with Crippen molar-refractivity contribution in [3.63, 3.8) is 0 Å². The van der Waals surface area contributed by atoms with Gasteiger partial charge in [-0.3, -0.25) is 10.1 Å². The second-order valence-electron chi connectivity index (χ2n) is 3.81. The maximum Gasteiger partial charge on any atom is 0.273 e. The van der Waals surface area contributed by atoms with E-state index in [-0.39, 0.29) is 5.91 Å². The first-order valence-electron chi connectivity index (χ1n) is 5.26. The van der Waals surface area contributed by atoms with Crippen molar-refractivity contribution < 1.29 is 4.79 Å². The van der Waals surface area contributed by atoms with Gasteiger partial charge < -0.3 is 5.32 Å². The van der Waals surface area contributed by atoms with Crippen LogP contribution >= 0.6 is 12.2 Å². The molecule has 1 saturated heterocycles. The van der Waals surface area contributed by atoms with E-state index >= 15 is 0 Å². The Morgan fingerprint density at radius 3 is 2.94 bits per heavy atom. The third-order valence-corrected chi connectivity index (χ3v) is 2.76. The fourth-order valence-corrected chi connectivity index (χ4v) is 1.94. The molecule has 18 heavy (non-hydrogen) atoms. The van der Waals surface area contributed by atoms with Crippen LogP contribution in [0.1, 0.15) is 5.56 Å². The number of nitrogens with zero attached hydrogens (tertiary/aromatic N) is 2. The van der Waals surface area contributed by atoms with Gasteiger partial charge >= 0.3 is 0 Å². The predicted octanol–water partition coefficient (Wildman–Crippen LogP) is 0.975. The van der Waals surface area contributed by atoms with Crippen molar-refractivity contribution in [2.24, 2.45) is 0 Å². The highest BCUT2D eigenvalue weighted by Crippen LogP contribution is 2.15. The van der Waals surface area contributed by atoms with Crippen LogP contribution < -0.4 is 10.6 Å². The molecule has 1 aromatic heterocycles. The van der Waals surface area contributed by atoms with Gasteiger partial charge in [-0.2, -0.15) is 0 Å². The highest BCUT2D eigenvalue weighted by atomic mass is 32.1. The van der Waals surface area contributed by atoms with E-state index in [1.54, 1.807) is 12.3 Å². The Morgan fingerprint density at radius 1 is 1.28 bits per heavy atom. The van der Waals surface area contributed by atoms with E-state index in [0.29, 0.717) is 10.8 Å². The van der Waals surface area contributed by atoms with Crippen molar-refractivity contribution in [2.45, 2.75) is 0 Å². The Labute approximate surface area is 108 Å². The molecule has 1 amide bonds. The monoisotopic (exact) mass is 256 g/mol. The van der Waals surface area contributed by atoms with E-state index in [0.717, 1.165) is 16.5 Å². The van der Waals surface area contributed by atoms with Gasteiger partial charge in [0.1, 0.15) is 12.0 Å². The molecule has 1 aromatic carbocycles. The van der Waals surface area contributed by atoms with Crippen molar-refractivity contribution in [1.82, 2.24) is 20.6 Å². The van der Waals surface area contributed by atoms with Gasteiger partial charge in [-0.1, -0.05) is 6.07 Å². The summed E-state index contributed by atoms with van der Waals surface area (Å²) in [5.41, 5.74) is 2.20. The van der Waals surface area contributed by atoms with Gasteiger partial charge in [-0.25, -0.2) is 9.97 Å². The summed E-state index contributed by atoms with van der Waals surface area (Å²) >= 11 is 4.86. The Kier molecular flexibility index (Phi) is 2.49. The van der Waals surface area contributed by atoms with Gasteiger partial charge in [0.15, 0.2) is 5.11 Å². The zero-order chi connectivity index (χ0) is 12.5. The van der Waals surface area contributed by atoms with Gasteiger partial charge in [0.05, 0.1) is 5.52 Å². The number of carbonyl (C=O) groups is 1. The largest absolute Gasteiger partial charge is 0.328 e. The molecule has 5 nitrogen and oxygen atoms in total. The van der Waals surface area contributed by atoms with Gasteiger partial charge in [-0.05, 0) is 36.0 Å². The molecule has 2 heterocycles. The summed E-state index contributed by atoms with van der Waals surface area (Å²) in [5, 5.41) is 6.57. The molecule has 1 fully saturated rings. The van der Waals surface area contributed by atoms with Crippen LogP contribution in [0.5, 0.6) is 0 Å². The molecule has 0 aliphatic carbocycles. The fraction of sp³-hybridized carbons (Fsp3) is 0. The molecular formula is C12H8N4OS. The number of hydrogen-bond donors (Lipinski definition) is 2. The summed E-state index contributed by atoms with van der Waals surface area (Å²) in [6, 6.07) is 5.69. The van der Waals surface area contributed by atoms with E-state index in [4.69, 9.17) is 12.2 Å². The molecule has 88 valence electrons. The van der Waals surface area contributed by atoms with Crippen molar-refractivity contribution in [1.29, 1.82) is 0 Å². The second-order valence-corrected chi connectivity index (χ2v) is 4.22. The van der Waals surface area contributed by atoms with E-state index < -0.39 is 0 Å². The number of amides is 1. The van der Waals surface area contributed by atoms with Crippen molar-refractivity contribution in [3.8, 4) is 0 Å². The lowest BCUT2D eigenvalue weighted by atomic mass is 10.1. The van der Waals surface area contributed by atoms with Gasteiger partial charge in [0.2, 0.25) is 0 Å². The number of aromatic nitrogens is 2. The molecule has 1 aliphatic heterocycles. The summed E-state index contributed by atoms with van der Waals surface area (Å²) in [4.78, 5) is 19.6. The first-order valence-corrected chi connectivity index (χ1v) is 5.67. The first-order chi connectivity index (χ1) is 8.72. The number of rotatable bonds is 1. The van der Waals surface area contributed by atoms with Crippen LogP contribution in [0.25, 0.3) is 17.0 Å². The Balaban J connectivity index is 2.02. The van der Waals surface area contributed by atoms with Crippen molar-refractivity contribution in [3.05, 3.63) is 42.0 Å². The van der Waals surface area contributed by atoms with Crippen LogP contribution in [0, 0.1) is 0 Å². The number of thiocarbonyl (C=S) groups is 1. The topological polar surface area (TPSA) is 66.9 Å². The molecule has 6 heteroatoms. The van der Waals surface area contributed by atoms with Crippen LogP contribution in [0.3, 0.4) is 0 Å². The van der Waals surface area contributed by atoms with Crippen LogP contribution in [0.4, 0.5) is 0 Å². The lowest BCUT2D eigenvalue weighted by molar-refractivity contribution is -0.115. The first kappa shape index (κ1) is 10.8. The molecular weight excluding hydrogens is 248 g/mol. The minimum absolute atomic E-state index is 0.218. The highest BCUT2D eigenvalue weighted by molar-refractivity contribution is 7.80. The number of nitrogens with one attached hydrogen (secondary N) is 2. The second kappa shape index (κ2) is 4.15. The lowest BCUT2D eigenvalue weighted by Crippen LogP contribution is -2.21. The van der Waals surface area contributed by atoms with Crippen LogP contribution in [-0.4, -0.2) is 21.0 Å². The van der Waals surface area contributed by atoms with E-state index in [1.165, 1.54) is 6.33 Å². The maximum absolute atomic E-state index is 11.5. The summed E-state index contributed by atoms with van der Waals surface area (Å²) in [7, 11) is 0. The normalized spacial score (nSPS) is 17.0. The van der Waals surface area contributed by atoms with Crippen LogP contribution in [0.15, 0.2) is 36.4 Å². The maximum atomic E-state index is 11.5. The molecule has 0 bridgehead atoms. The number of benzene rings is 1. The zero-order valence-corrected chi connectivity index (χ0v) is 9.99. The molecule has 0 saturated carbocycles. The van der Waals surface area contributed by atoms with E-state index in [2.05, 4.69) is 20.6 Å². The average Bonchev–Trinajstić information content (AvgIpc) is 2.68. The third kappa shape index (κ3) is 1.93. The molecule has 0 radical (unpaired) electrons. The molecule has 3 rings (SSSR count). The summed E-state index contributed by atoms with van der Waals surface area (Å²) in [6.07, 6.45) is 4.98. The minimum Gasteiger partial charge on any atom is -0.328 e. The minimum atomic E-state index is -0.218. The van der Waals surface area contributed by atoms with Crippen molar-refractivity contribution in [2.75, 3.05) is 0 Å². The average molecular weight is 256 g/mol. The molecule has 0 unspecified atom stereocenters. The number of fused-ring (bicyclic) bond motifs is 1. The van der Waals surface area contributed by atoms with Crippen LogP contribution in [-0.2, 0) is 4.79 Å². The standard InChI is InChI=1S/C12H8N4OS/c17-11-10(15-12(18)16-11)4-7-1-2-9-8(3-7)5-13-6-14-9/h1-6H,(H2,15,16,17,18)/b10-4-. The molecule has 2 N–H and O–H groups in total. The lowest BCUT2D eigenvalue weighted by Gasteiger charge is -1.99. The quantitative estimate of drug-likeness (QED) is 0.588. The van der Waals surface area contributed by atoms with Gasteiger partial charge in [-0.15, -0.1) is 0 Å². The number of hydrogen-bond acceptors (Lipinski definition) is 4. The molecule has 0 atom stereocenters. The summed E-state index contributed by atoms with van der Waals surface area (Å²) in [6.45, 7) is 0. The SMILES string of the molecule is O=C1NC(=S)N/C1=C\c1ccc2ncncc2c1. The Bertz CT molecular complexity index is 695. The fourth-order valence-electron chi connectivity index (χ4n) is 1.74. The number of carbonyl (C=O) groups excluding carboxylic acids is 1. The molecule has 0 spiro atoms. The summed E-state index contributed by atoms with van der Waals surface area (Å²) in [5.74, 6) is -0.218. The predicted molar refractivity (Wildman–Crippen MR) is 71.4 cm³/mol. The molecule has 1 aliphatic rings. The van der Waals surface area contributed by atoms with Crippen LogP contribution in [0.2, 0.25) is 0 Å². The van der Waals surface area contributed by atoms with E-state index in [9.17, 15) is 4.79 Å². The van der Waals surface area contributed by atoms with Gasteiger partial charge in [0, 0.05) is 11.6 Å². The highest BCUT2D eigenvalue weighted by Gasteiger charge is 2.19. The molecule has 2 aromatic rings. The third-order valence-electron chi connectivity index (χ3n) is 2.56. The zero-order valence-electron chi connectivity index (χ0n) is 9.18. The van der Waals surface area contributed by atoms with Gasteiger partial charge in [0.25, 0.3) is 5.91 Å². The Hall–Kier alpha value is -2.34. The van der Waals surface area contributed by atoms with Crippen molar-refractivity contribution >= 4 is 40.2 Å². The smallest absolute Gasteiger partial charge is 0.273 e. The van der Waals surface area contributed by atoms with E-state index in [1.807, 2.05) is 18.2 Å². The Morgan fingerprint density at radius 2 is 2.17 bits per heavy atom. The summed E-state index contributed by atoms with van der Waals surface area (Å²) < 4.78 is 0.